The molecule has 4 rings (SSSR count). The monoisotopic (exact) mass is 340 g/mol. The van der Waals surface area contributed by atoms with Crippen molar-refractivity contribution in [2.45, 2.75) is 18.4 Å². The van der Waals surface area contributed by atoms with Crippen LogP contribution >= 0.6 is 0 Å². The number of nitrogens with zero attached hydrogens (tertiary/aromatic N) is 2. The van der Waals surface area contributed by atoms with Crippen molar-refractivity contribution in [2.75, 3.05) is 30.4 Å². The average molecular weight is 340 g/mol. The molecule has 0 bridgehead atoms. The smallest absolute Gasteiger partial charge is 0.146 e. The van der Waals surface area contributed by atoms with E-state index in [1.165, 1.54) is 0 Å². The van der Waals surface area contributed by atoms with Crippen molar-refractivity contribution in [3.8, 4) is 6.07 Å². The Balaban J connectivity index is 1.77. The van der Waals surface area contributed by atoms with E-state index in [0.29, 0.717) is 23.2 Å². The minimum atomic E-state index is -0.533. The predicted molar refractivity (Wildman–Crippen MR) is 93.2 cm³/mol. The van der Waals surface area contributed by atoms with Crippen LogP contribution in [0.15, 0.2) is 30.3 Å². The first-order chi connectivity index (χ1) is 12.1. The molecule has 2 atom stereocenters. The summed E-state index contributed by atoms with van der Waals surface area (Å²) in [6.45, 7) is 1.81. The second-order valence-corrected chi connectivity index (χ2v) is 6.60. The fraction of sp³-hybridized carbons (Fsp3) is 0.316. The Morgan fingerprint density at radius 1 is 1.28 bits per heavy atom. The molecule has 25 heavy (non-hydrogen) atoms. The summed E-state index contributed by atoms with van der Waals surface area (Å²) in [6, 6.07) is 9.55. The summed E-state index contributed by atoms with van der Waals surface area (Å²) in [5, 5.41) is 15.9. The summed E-state index contributed by atoms with van der Waals surface area (Å²) >= 11 is 0. The molecule has 2 aromatic rings. The van der Waals surface area contributed by atoms with E-state index in [1.807, 2.05) is 13.1 Å². The van der Waals surface area contributed by atoms with Gasteiger partial charge in [0.25, 0.3) is 0 Å². The third kappa shape index (κ3) is 2.61. The number of fused-ring (bicyclic) bond motifs is 3. The van der Waals surface area contributed by atoms with Gasteiger partial charge in [0.1, 0.15) is 17.7 Å². The maximum atomic E-state index is 13.9. The van der Waals surface area contributed by atoms with Gasteiger partial charge in [0.2, 0.25) is 0 Å². The number of nitrogens with one attached hydrogen (secondary N) is 2. The average Bonchev–Trinajstić information content (AvgIpc) is 2.91. The largest absolute Gasteiger partial charge is 0.370 e. The summed E-state index contributed by atoms with van der Waals surface area (Å²) in [5.74, 6) is -0.753. The molecule has 2 heterocycles. The minimum Gasteiger partial charge on any atom is -0.370 e. The molecule has 2 aromatic carbocycles. The van der Waals surface area contributed by atoms with Gasteiger partial charge in [0.05, 0.1) is 16.9 Å². The zero-order valence-corrected chi connectivity index (χ0v) is 13.8. The lowest BCUT2D eigenvalue weighted by molar-refractivity contribution is 0.413. The predicted octanol–water partition coefficient (Wildman–Crippen LogP) is 3.48. The molecular weight excluding hydrogens is 322 g/mol. The quantitative estimate of drug-likeness (QED) is 0.879. The number of halogens is 2. The molecule has 0 saturated carbocycles. The van der Waals surface area contributed by atoms with Crippen LogP contribution in [0.5, 0.6) is 0 Å². The molecule has 0 amide bonds. The van der Waals surface area contributed by atoms with Gasteiger partial charge in [-0.25, -0.2) is 8.78 Å². The Kier molecular flexibility index (Phi) is 3.81. The molecule has 4 nitrogen and oxygen atoms in total. The lowest BCUT2D eigenvalue weighted by Gasteiger charge is -2.31. The number of hydrogen-bond acceptors (Lipinski definition) is 4. The van der Waals surface area contributed by atoms with E-state index in [1.54, 1.807) is 6.07 Å². The molecule has 2 aliphatic heterocycles. The van der Waals surface area contributed by atoms with E-state index in [0.717, 1.165) is 49.0 Å². The van der Waals surface area contributed by atoms with E-state index < -0.39 is 11.6 Å². The van der Waals surface area contributed by atoms with E-state index in [2.05, 4.69) is 21.6 Å². The van der Waals surface area contributed by atoms with Crippen molar-refractivity contribution in [1.29, 1.82) is 5.26 Å². The van der Waals surface area contributed by atoms with E-state index in [4.69, 9.17) is 0 Å². The molecule has 0 aliphatic carbocycles. The molecular formula is C19H18F2N4. The fourth-order valence-electron chi connectivity index (χ4n) is 4.03. The van der Waals surface area contributed by atoms with Gasteiger partial charge in [-0.1, -0.05) is 0 Å². The molecule has 1 saturated heterocycles. The van der Waals surface area contributed by atoms with Crippen LogP contribution in [0.25, 0.3) is 0 Å². The van der Waals surface area contributed by atoms with E-state index >= 15 is 0 Å². The van der Waals surface area contributed by atoms with Crippen LogP contribution in [0, 0.1) is 23.0 Å². The topological polar surface area (TPSA) is 51.1 Å². The molecule has 0 spiro atoms. The van der Waals surface area contributed by atoms with Crippen molar-refractivity contribution in [1.82, 2.24) is 5.32 Å². The highest BCUT2D eigenvalue weighted by molar-refractivity contribution is 5.76. The van der Waals surface area contributed by atoms with Crippen molar-refractivity contribution < 1.29 is 8.78 Å². The van der Waals surface area contributed by atoms with Crippen LogP contribution in [-0.4, -0.2) is 26.2 Å². The fourth-order valence-corrected chi connectivity index (χ4v) is 4.03. The molecule has 0 unspecified atom stereocenters. The van der Waals surface area contributed by atoms with Crippen molar-refractivity contribution >= 4 is 17.1 Å². The van der Waals surface area contributed by atoms with E-state index in [9.17, 15) is 14.0 Å². The molecule has 0 aromatic heterocycles. The number of rotatable bonds is 2. The number of nitriles is 1. The summed E-state index contributed by atoms with van der Waals surface area (Å²) in [4.78, 5) is 2.19. The lowest BCUT2D eigenvalue weighted by Crippen LogP contribution is -2.42. The van der Waals surface area contributed by atoms with Gasteiger partial charge < -0.3 is 15.5 Å². The third-order valence-corrected chi connectivity index (χ3v) is 5.16. The zero-order chi connectivity index (χ0) is 17.6. The normalized spacial score (nSPS) is 21.4. The van der Waals surface area contributed by atoms with Gasteiger partial charge in [-0.05, 0) is 42.8 Å². The Hall–Kier alpha value is -2.65. The summed E-state index contributed by atoms with van der Waals surface area (Å²) in [5.41, 5.74) is 3.24. The van der Waals surface area contributed by atoms with Gasteiger partial charge >= 0.3 is 0 Å². The molecule has 1 fully saturated rings. The molecule has 2 N–H and O–H groups in total. The number of benzene rings is 2. The van der Waals surface area contributed by atoms with Gasteiger partial charge in [0.15, 0.2) is 0 Å². The SMILES string of the molecule is CN1c2c(C#N)cc(Nc3cc(F)ccc3F)cc2[C@@H]2CNCC[C@@H]21. The first-order valence-corrected chi connectivity index (χ1v) is 8.32. The van der Waals surface area contributed by atoms with Crippen LogP contribution in [0.4, 0.5) is 25.8 Å². The highest BCUT2D eigenvalue weighted by Crippen LogP contribution is 2.45. The highest BCUT2D eigenvalue weighted by Gasteiger charge is 2.39. The summed E-state index contributed by atoms with van der Waals surface area (Å²) < 4.78 is 27.3. The van der Waals surface area contributed by atoms with Gasteiger partial charge in [0, 0.05) is 37.3 Å². The zero-order valence-electron chi connectivity index (χ0n) is 13.8. The van der Waals surface area contributed by atoms with Crippen molar-refractivity contribution in [2.24, 2.45) is 0 Å². The van der Waals surface area contributed by atoms with Gasteiger partial charge in [-0.3, -0.25) is 0 Å². The maximum Gasteiger partial charge on any atom is 0.146 e. The molecule has 128 valence electrons. The minimum absolute atomic E-state index is 0.0634. The molecule has 6 heteroatoms. The van der Waals surface area contributed by atoms with Gasteiger partial charge in [-0.15, -0.1) is 0 Å². The Morgan fingerprint density at radius 2 is 2.12 bits per heavy atom. The third-order valence-electron chi connectivity index (χ3n) is 5.16. The van der Waals surface area contributed by atoms with Crippen LogP contribution in [0.2, 0.25) is 0 Å². The first kappa shape index (κ1) is 15.9. The van der Waals surface area contributed by atoms with Crippen LogP contribution in [0.3, 0.4) is 0 Å². The number of likely N-dealkylation sites (N-methyl/N-ethyl adjacent to an activating group) is 1. The molecule has 0 radical (unpaired) electrons. The first-order valence-electron chi connectivity index (χ1n) is 8.32. The maximum absolute atomic E-state index is 13.9. The second kappa shape index (κ2) is 6.01. The summed E-state index contributed by atoms with van der Waals surface area (Å²) in [7, 11) is 2.02. The molecule has 2 aliphatic rings. The van der Waals surface area contributed by atoms with Crippen LogP contribution in [-0.2, 0) is 0 Å². The summed E-state index contributed by atoms with van der Waals surface area (Å²) in [6.07, 6.45) is 1.02. The van der Waals surface area contributed by atoms with Crippen LogP contribution in [0.1, 0.15) is 23.5 Å². The number of piperidine rings is 1. The lowest BCUT2D eigenvalue weighted by atomic mass is 9.89. The van der Waals surface area contributed by atoms with E-state index in [-0.39, 0.29) is 5.69 Å². The van der Waals surface area contributed by atoms with Crippen LogP contribution < -0.4 is 15.5 Å². The number of hydrogen-bond donors (Lipinski definition) is 2. The van der Waals surface area contributed by atoms with Gasteiger partial charge in [-0.2, -0.15) is 5.26 Å². The Morgan fingerprint density at radius 3 is 2.92 bits per heavy atom. The van der Waals surface area contributed by atoms with Crippen molar-refractivity contribution in [3.05, 3.63) is 53.1 Å². The Labute approximate surface area is 145 Å². The van der Waals surface area contributed by atoms with Crippen molar-refractivity contribution in [3.63, 3.8) is 0 Å². The Bertz CT molecular complexity index is 874. The number of anilines is 3. The highest BCUT2D eigenvalue weighted by atomic mass is 19.1. The second-order valence-electron chi connectivity index (χ2n) is 6.60. The standard InChI is InChI=1S/C19H18F2N4/c1-25-18-4-5-23-10-15(18)14-8-13(6-11(9-22)19(14)25)24-17-7-12(20)2-3-16(17)21/h2-3,6-8,15,18,23-24H,4-5,10H2,1H3/t15-,18-/m0/s1.